The Morgan fingerprint density at radius 1 is 1.47 bits per heavy atom. The highest BCUT2D eigenvalue weighted by molar-refractivity contribution is 7.15. The van der Waals surface area contributed by atoms with E-state index in [1.807, 2.05) is 0 Å². The van der Waals surface area contributed by atoms with Crippen LogP contribution in [0.5, 0.6) is 0 Å². The standard InChI is InChI=1S/C12H14N4O2S/c1-6-10(7(2)18-16-6)11(17)15-12-14-8-3-4-13-5-9(8)19-12/h13H,3-5H2,1-2H3,(H,14,15,17). The lowest BCUT2D eigenvalue weighted by Gasteiger charge is -2.09. The zero-order chi connectivity index (χ0) is 13.4. The maximum Gasteiger partial charge on any atom is 0.262 e. The predicted molar refractivity (Wildman–Crippen MR) is 71.5 cm³/mol. The molecule has 0 saturated carbocycles. The SMILES string of the molecule is Cc1noc(C)c1C(=O)Nc1nc2c(s1)CNCC2. The number of nitrogens with zero attached hydrogens (tertiary/aromatic N) is 2. The number of amides is 1. The van der Waals surface area contributed by atoms with Gasteiger partial charge in [0, 0.05) is 24.4 Å². The molecular weight excluding hydrogens is 264 g/mol. The van der Waals surface area contributed by atoms with Gasteiger partial charge in [-0.25, -0.2) is 4.98 Å². The molecule has 100 valence electrons. The minimum Gasteiger partial charge on any atom is -0.361 e. The molecular formula is C12H14N4O2S. The Bertz CT molecular complexity index is 589. The third-order valence-corrected chi connectivity index (χ3v) is 4.10. The minimum atomic E-state index is -0.213. The summed E-state index contributed by atoms with van der Waals surface area (Å²) < 4.78 is 5.00. The van der Waals surface area contributed by atoms with Gasteiger partial charge in [0.2, 0.25) is 0 Å². The maximum atomic E-state index is 12.2. The van der Waals surface area contributed by atoms with Crippen molar-refractivity contribution in [3.05, 3.63) is 27.6 Å². The summed E-state index contributed by atoms with van der Waals surface area (Å²) in [5, 5.41) is 10.5. The molecule has 0 atom stereocenters. The van der Waals surface area contributed by atoms with Crippen LogP contribution in [0.3, 0.4) is 0 Å². The number of thiazole rings is 1. The molecule has 2 N–H and O–H groups in total. The number of hydrogen-bond acceptors (Lipinski definition) is 6. The van der Waals surface area contributed by atoms with Crippen molar-refractivity contribution in [2.24, 2.45) is 0 Å². The number of hydrogen-bond donors (Lipinski definition) is 2. The van der Waals surface area contributed by atoms with Gasteiger partial charge in [0.25, 0.3) is 5.91 Å². The monoisotopic (exact) mass is 278 g/mol. The molecule has 0 saturated heterocycles. The number of carbonyl (C=O) groups is 1. The van der Waals surface area contributed by atoms with Crippen LogP contribution >= 0.6 is 11.3 Å². The Morgan fingerprint density at radius 2 is 2.32 bits per heavy atom. The number of aromatic nitrogens is 2. The molecule has 0 unspecified atom stereocenters. The highest BCUT2D eigenvalue weighted by atomic mass is 32.1. The summed E-state index contributed by atoms with van der Waals surface area (Å²) in [4.78, 5) is 17.8. The number of anilines is 1. The largest absolute Gasteiger partial charge is 0.361 e. The van der Waals surface area contributed by atoms with Gasteiger partial charge in [0.15, 0.2) is 5.13 Å². The van der Waals surface area contributed by atoms with Gasteiger partial charge in [-0.2, -0.15) is 0 Å². The van der Waals surface area contributed by atoms with Crippen LogP contribution in [0.4, 0.5) is 5.13 Å². The molecule has 3 heterocycles. The van der Waals surface area contributed by atoms with E-state index >= 15 is 0 Å². The fourth-order valence-electron chi connectivity index (χ4n) is 2.15. The van der Waals surface area contributed by atoms with Crippen LogP contribution in [0.1, 0.15) is 32.4 Å². The van der Waals surface area contributed by atoms with Gasteiger partial charge in [-0.15, -0.1) is 11.3 Å². The molecule has 1 aliphatic heterocycles. The van der Waals surface area contributed by atoms with Crippen molar-refractivity contribution >= 4 is 22.4 Å². The van der Waals surface area contributed by atoms with E-state index < -0.39 is 0 Å². The van der Waals surface area contributed by atoms with Gasteiger partial charge < -0.3 is 9.84 Å². The molecule has 1 amide bonds. The summed E-state index contributed by atoms with van der Waals surface area (Å²) in [6, 6.07) is 0. The van der Waals surface area contributed by atoms with Gasteiger partial charge in [-0.1, -0.05) is 5.16 Å². The molecule has 6 nitrogen and oxygen atoms in total. The summed E-state index contributed by atoms with van der Waals surface area (Å²) in [5.41, 5.74) is 2.17. The third kappa shape index (κ3) is 2.26. The minimum absolute atomic E-state index is 0.213. The topological polar surface area (TPSA) is 80.1 Å². The second-order valence-electron chi connectivity index (χ2n) is 4.47. The Labute approximate surface area is 114 Å². The predicted octanol–water partition coefficient (Wildman–Crippen LogP) is 1.65. The van der Waals surface area contributed by atoms with E-state index in [1.165, 1.54) is 16.2 Å². The number of aryl methyl sites for hydroxylation is 2. The molecule has 0 bridgehead atoms. The lowest BCUT2D eigenvalue weighted by Crippen LogP contribution is -2.22. The summed E-state index contributed by atoms with van der Waals surface area (Å²) in [7, 11) is 0. The van der Waals surface area contributed by atoms with Crippen molar-refractivity contribution in [3.8, 4) is 0 Å². The van der Waals surface area contributed by atoms with Gasteiger partial charge in [0.05, 0.1) is 11.4 Å². The average molecular weight is 278 g/mol. The molecule has 0 aliphatic carbocycles. The van der Waals surface area contributed by atoms with Crippen molar-refractivity contribution < 1.29 is 9.32 Å². The molecule has 0 fully saturated rings. The second kappa shape index (κ2) is 4.75. The van der Waals surface area contributed by atoms with Crippen molar-refractivity contribution in [1.82, 2.24) is 15.5 Å². The highest BCUT2D eigenvalue weighted by Crippen LogP contribution is 2.26. The first-order valence-electron chi connectivity index (χ1n) is 6.08. The van der Waals surface area contributed by atoms with Crippen LogP contribution in [-0.4, -0.2) is 22.6 Å². The average Bonchev–Trinajstić information content (AvgIpc) is 2.92. The van der Waals surface area contributed by atoms with Crippen LogP contribution in [0.2, 0.25) is 0 Å². The van der Waals surface area contributed by atoms with E-state index in [2.05, 4.69) is 20.8 Å². The van der Waals surface area contributed by atoms with Gasteiger partial charge in [-0.3, -0.25) is 10.1 Å². The zero-order valence-corrected chi connectivity index (χ0v) is 11.6. The molecule has 2 aromatic heterocycles. The van der Waals surface area contributed by atoms with E-state index in [4.69, 9.17) is 4.52 Å². The smallest absolute Gasteiger partial charge is 0.262 e. The van der Waals surface area contributed by atoms with Gasteiger partial charge in [0.1, 0.15) is 11.3 Å². The molecule has 0 radical (unpaired) electrons. The Balaban J connectivity index is 1.82. The summed E-state index contributed by atoms with van der Waals surface area (Å²) in [6.45, 7) is 5.25. The van der Waals surface area contributed by atoms with Crippen LogP contribution in [-0.2, 0) is 13.0 Å². The molecule has 1 aliphatic rings. The summed E-state index contributed by atoms with van der Waals surface area (Å²) >= 11 is 1.52. The molecule has 0 aromatic carbocycles. The Morgan fingerprint density at radius 3 is 3.00 bits per heavy atom. The van der Waals surface area contributed by atoms with Crippen molar-refractivity contribution in [3.63, 3.8) is 0 Å². The molecule has 3 rings (SSSR count). The van der Waals surface area contributed by atoms with Crippen LogP contribution in [0.15, 0.2) is 4.52 Å². The van der Waals surface area contributed by atoms with Crippen LogP contribution in [0, 0.1) is 13.8 Å². The Hall–Kier alpha value is -1.73. The number of nitrogens with one attached hydrogen (secondary N) is 2. The zero-order valence-electron chi connectivity index (χ0n) is 10.7. The third-order valence-electron chi connectivity index (χ3n) is 3.08. The van der Waals surface area contributed by atoms with Crippen molar-refractivity contribution in [2.45, 2.75) is 26.8 Å². The maximum absolute atomic E-state index is 12.2. The van der Waals surface area contributed by atoms with Crippen molar-refractivity contribution in [1.29, 1.82) is 0 Å². The quantitative estimate of drug-likeness (QED) is 0.873. The first-order valence-corrected chi connectivity index (χ1v) is 6.90. The van der Waals surface area contributed by atoms with E-state index in [9.17, 15) is 4.79 Å². The number of rotatable bonds is 2. The summed E-state index contributed by atoms with van der Waals surface area (Å²) in [5.74, 6) is 0.313. The highest BCUT2D eigenvalue weighted by Gasteiger charge is 2.20. The molecule has 2 aromatic rings. The van der Waals surface area contributed by atoms with Crippen molar-refractivity contribution in [2.75, 3.05) is 11.9 Å². The van der Waals surface area contributed by atoms with Gasteiger partial charge in [-0.05, 0) is 13.8 Å². The fraction of sp³-hybridized carbons (Fsp3) is 0.417. The lowest BCUT2D eigenvalue weighted by atomic mass is 10.2. The first kappa shape index (κ1) is 12.3. The normalized spacial score (nSPS) is 14.2. The number of carbonyl (C=O) groups excluding carboxylic acids is 1. The molecule has 0 spiro atoms. The second-order valence-corrected chi connectivity index (χ2v) is 5.55. The van der Waals surface area contributed by atoms with E-state index in [-0.39, 0.29) is 5.91 Å². The molecule has 7 heteroatoms. The van der Waals surface area contributed by atoms with E-state index in [1.54, 1.807) is 13.8 Å². The van der Waals surface area contributed by atoms with Crippen LogP contribution < -0.4 is 10.6 Å². The van der Waals surface area contributed by atoms with Gasteiger partial charge >= 0.3 is 0 Å². The fourth-order valence-corrected chi connectivity index (χ4v) is 3.12. The Kier molecular flexibility index (Phi) is 3.08. The number of fused-ring (bicyclic) bond motifs is 1. The lowest BCUT2D eigenvalue weighted by molar-refractivity contribution is 0.102. The van der Waals surface area contributed by atoms with E-state index in [0.717, 1.165) is 25.2 Å². The first-order chi connectivity index (χ1) is 9.15. The summed E-state index contributed by atoms with van der Waals surface area (Å²) in [6.07, 6.45) is 0.910. The molecule has 19 heavy (non-hydrogen) atoms. The van der Waals surface area contributed by atoms with Crippen LogP contribution in [0.25, 0.3) is 0 Å². The van der Waals surface area contributed by atoms with E-state index in [0.29, 0.717) is 22.1 Å².